The van der Waals surface area contributed by atoms with Crippen molar-refractivity contribution in [3.63, 3.8) is 0 Å². The Kier molecular flexibility index (Phi) is 3.30. The monoisotopic (exact) mass is 168 g/mol. The Labute approximate surface area is 75.5 Å². The molecule has 0 spiro atoms. The molecule has 0 aliphatic heterocycles. The van der Waals surface area contributed by atoms with Crippen molar-refractivity contribution in [3.05, 3.63) is 0 Å². The zero-order valence-electron chi connectivity index (χ0n) is 8.47. The minimum absolute atomic E-state index is 0.342. The van der Waals surface area contributed by atoms with E-state index in [9.17, 15) is 4.79 Å². The van der Waals surface area contributed by atoms with Crippen LogP contribution < -0.4 is 0 Å². The van der Waals surface area contributed by atoms with Crippen molar-refractivity contribution in [2.24, 2.45) is 17.8 Å². The average molecular weight is 168 g/mol. The summed E-state index contributed by atoms with van der Waals surface area (Å²) in [5, 5.41) is 0. The molecule has 1 heteroatoms. The molecule has 0 amide bonds. The van der Waals surface area contributed by atoms with Gasteiger partial charge in [0.15, 0.2) is 0 Å². The van der Waals surface area contributed by atoms with Crippen LogP contribution in [0.3, 0.4) is 0 Å². The van der Waals surface area contributed by atoms with E-state index in [-0.39, 0.29) is 0 Å². The Hall–Kier alpha value is -0.330. The molecule has 1 saturated carbocycles. The molecule has 2 atom stereocenters. The Morgan fingerprint density at radius 1 is 1.42 bits per heavy atom. The fourth-order valence-electron chi connectivity index (χ4n) is 2.56. The largest absolute Gasteiger partial charge is 0.299 e. The van der Waals surface area contributed by atoms with E-state index in [2.05, 4.69) is 20.8 Å². The molecular formula is C11H20O. The quantitative estimate of drug-likeness (QED) is 0.633. The van der Waals surface area contributed by atoms with Gasteiger partial charge in [0, 0.05) is 12.3 Å². The fourth-order valence-corrected chi connectivity index (χ4v) is 2.56. The predicted molar refractivity (Wildman–Crippen MR) is 51.0 cm³/mol. The number of hydrogen-bond donors (Lipinski definition) is 0. The first-order valence-electron chi connectivity index (χ1n) is 5.23. The van der Waals surface area contributed by atoms with E-state index in [0.29, 0.717) is 17.6 Å². The van der Waals surface area contributed by atoms with Crippen LogP contribution in [0, 0.1) is 17.8 Å². The third-order valence-corrected chi connectivity index (χ3v) is 3.53. The molecule has 0 aromatic heterocycles. The average Bonchev–Trinajstić information content (AvgIpc) is 2.38. The number of carbonyl (C=O) groups is 1. The molecule has 12 heavy (non-hydrogen) atoms. The molecule has 1 fully saturated rings. The maximum atomic E-state index is 11.3. The third kappa shape index (κ3) is 1.70. The Morgan fingerprint density at radius 3 is 2.33 bits per heavy atom. The van der Waals surface area contributed by atoms with Crippen LogP contribution in [0.5, 0.6) is 0 Å². The third-order valence-electron chi connectivity index (χ3n) is 3.53. The molecule has 0 N–H and O–H groups in total. The summed E-state index contributed by atoms with van der Waals surface area (Å²) in [5.41, 5.74) is 0. The number of ketones is 1. The highest BCUT2D eigenvalue weighted by Crippen LogP contribution is 2.37. The number of carbonyl (C=O) groups excluding carboxylic acids is 1. The van der Waals surface area contributed by atoms with Crippen LogP contribution in [0.4, 0.5) is 0 Å². The molecular weight excluding hydrogens is 148 g/mol. The second-order valence-electron chi connectivity index (χ2n) is 4.03. The van der Waals surface area contributed by atoms with Crippen LogP contribution >= 0.6 is 0 Å². The highest BCUT2D eigenvalue weighted by molar-refractivity contribution is 5.83. The summed E-state index contributed by atoms with van der Waals surface area (Å²) in [6.45, 7) is 6.59. The number of rotatable bonds is 3. The number of hydrogen-bond acceptors (Lipinski definition) is 1. The maximum Gasteiger partial charge on any atom is 0.135 e. The second kappa shape index (κ2) is 4.06. The second-order valence-corrected chi connectivity index (χ2v) is 4.03. The molecule has 0 aromatic carbocycles. The molecule has 1 aliphatic rings. The lowest BCUT2D eigenvalue weighted by Gasteiger charge is -2.23. The first kappa shape index (κ1) is 9.76. The molecule has 0 bridgehead atoms. The van der Waals surface area contributed by atoms with Crippen molar-refractivity contribution in [2.45, 2.75) is 46.5 Å². The molecule has 1 rings (SSSR count). The normalized spacial score (nSPS) is 30.2. The van der Waals surface area contributed by atoms with Crippen molar-refractivity contribution >= 4 is 5.78 Å². The summed E-state index contributed by atoms with van der Waals surface area (Å²) >= 11 is 0. The fraction of sp³-hybridized carbons (Fsp3) is 0.909. The molecule has 2 unspecified atom stereocenters. The lowest BCUT2D eigenvalue weighted by atomic mass is 9.81. The predicted octanol–water partition coefficient (Wildman–Crippen LogP) is 3.04. The van der Waals surface area contributed by atoms with Gasteiger partial charge in [0.05, 0.1) is 0 Å². The number of Topliss-reactive ketones (excluding diaryl/α,β-unsaturated/α-hetero) is 1. The Bertz CT molecular complexity index is 158. The summed E-state index contributed by atoms with van der Waals surface area (Å²) < 4.78 is 0. The first-order chi connectivity index (χ1) is 5.70. The van der Waals surface area contributed by atoms with Crippen molar-refractivity contribution < 1.29 is 4.79 Å². The van der Waals surface area contributed by atoms with Crippen LogP contribution in [0.25, 0.3) is 0 Å². The smallest absolute Gasteiger partial charge is 0.135 e. The van der Waals surface area contributed by atoms with Gasteiger partial charge in [-0.15, -0.1) is 0 Å². The van der Waals surface area contributed by atoms with E-state index >= 15 is 0 Å². The van der Waals surface area contributed by atoms with Crippen LogP contribution in [0.1, 0.15) is 46.5 Å². The molecule has 1 aliphatic carbocycles. The Morgan fingerprint density at radius 2 is 2.00 bits per heavy atom. The van der Waals surface area contributed by atoms with E-state index in [4.69, 9.17) is 0 Å². The van der Waals surface area contributed by atoms with Crippen LogP contribution in [-0.2, 0) is 4.79 Å². The summed E-state index contributed by atoms with van der Waals surface area (Å²) in [5.74, 6) is 2.31. The SMILES string of the molecule is CCC(CC)C1CCC(=O)C1C. The Balaban J connectivity index is 2.57. The van der Waals surface area contributed by atoms with E-state index in [1.807, 2.05) is 0 Å². The molecule has 70 valence electrons. The van der Waals surface area contributed by atoms with Gasteiger partial charge in [-0.3, -0.25) is 4.79 Å². The van der Waals surface area contributed by atoms with E-state index in [1.54, 1.807) is 0 Å². The van der Waals surface area contributed by atoms with Crippen molar-refractivity contribution in [1.82, 2.24) is 0 Å². The highest BCUT2D eigenvalue weighted by atomic mass is 16.1. The van der Waals surface area contributed by atoms with Gasteiger partial charge in [0.1, 0.15) is 5.78 Å². The van der Waals surface area contributed by atoms with Crippen molar-refractivity contribution in [1.29, 1.82) is 0 Å². The lowest BCUT2D eigenvalue weighted by molar-refractivity contribution is -0.121. The minimum Gasteiger partial charge on any atom is -0.299 e. The summed E-state index contributed by atoms with van der Waals surface area (Å²) in [6.07, 6.45) is 4.45. The summed E-state index contributed by atoms with van der Waals surface area (Å²) in [6, 6.07) is 0. The van der Waals surface area contributed by atoms with E-state index in [0.717, 1.165) is 18.8 Å². The van der Waals surface area contributed by atoms with Gasteiger partial charge >= 0.3 is 0 Å². The topological polar surface area (TPSA) is 17.1 Å². The highest BCUT2D eigenvalue weighted by Gasteiger charge is 2.34. The van der Waals surface area contributed by atoms with Gasteiger partial charge in [0.2, 0.25) is 0 Å². The van der Waals surface area contributed by atoms with Crippen molar-refractivity contribution in [2.75, 3.05) is 0 Å². The van der Waals surface area contributed by atoms with Gasteiger partial charge < -0.3 is 0 Å². The van der Waals surface area contributed by atoms with Crippen LogP contribution in [0.2, 0.25) is 0 Å². The maximum absolute atomic E-state index is 11.3. The van der Waals surface area contributed by atoms with Crippen molar-refractivity contribution in [3.8, 4) is 0 Å². The van der Waals surface area contributed by atoms with E-state index in [1.165, 1.54) is 12.8 Å². The molecule has 0 saturated heterocycles. The van der Waals surface area contributed by atoms with Crippen LogP contribution in [-0.4, -0.2) is 5.78 Å². The summed E-state index contributed by atoms with van der Waals surface area (Å²) in [4.78, 5) is 11.3. The van der Waals surface area contributed by atoms with Crippen LogP contribution in [0.15, 0.2) is 0 Å². The van der Waals surface area contributed by atoms with Gasteiger partial charge in [-0.05, 0) is 18.3 Å². The van der Waals surface area contributed by atoms with Gasteiger partial charge in [0.25, 0.3) is 0 Å². The lowest BCUT2D eigenvalue weighted by Crippen LogP contribution is -2.18. The molecule has 0 heterocycles. The summed E-state index contributed by atoms with van der Waals surface area (Å²) in [7, 11) is 0. The zero-order chi connectivity index (χ0) is 9.14. The zero-order valence-corrected chi connectivity index (χ0v) is 8.47. The first-order valence-corrected chi connectivity index (χ1v) is 5.23. The van der Waals surface area contributed by atoms with Gasteiger partial charge in [-0.1, -0.05) is 33.6 Å². The van der Waals surface area contributed by atoms with Gasteiger partial charge in [-0.2, -0.15) is 0 Å². The molecule has 0 aromatic rings. The molecule has 1 nitrogen and oxygen atoms in total. The van der Waals surface area contributed by atoms with E-state index < -0.39 is 0 Å². The minimum atomic E-state index is 0.342. The molecule has 0 radical (unpaired) electrons. The standard InChI is InChI=1S/C11H20O/c1-4-9(5-2)10-6-7-11(12)8(10)3/h8-10H,4-7H2,1-3H3. The van der Waals surface area contributed by atoms with Gasteiger partial charge in [-0.25, -0.2) is 0 Å².